The first-order valence-corrected chi connectivity index (χ1v) is 3.94. The molecule has 0 fully saturated rings. The van der Waals surface area contributed by atoms with Crippen molar-refractivity contribution in [1.29, 1.82) is 0 Å². The highest BCUT2D eigenvalue weighted by atomic mass is 32.1. The maximum Gasteiger partial charge on any atom is -0.00181 e. The summed E-state index contributed by atoms with van der Waals surface area (Å²) in [7, 11) is 0. The summed E-state index contributed by atoms with van der Waals surface area (Å²) in [5, 5.41) is 4.32. The van der Waals surface area contributed by atoms with Gasteiger partial charge in [-0.2, -0.15) is 11.3 Å². The van der Waals surface area contributed by atoms with Crippen molar-refractivity contribution in [3.63, 3.8) is 0 Å². The maximum absolute atomic E-state index is 2.16. The van der Waals surface area contributed by atoms with E-state index in [1.807, 2.05) is 6.92 Å². The Bertz CT molecular complexity index is 208. The van der Waals surface area contributed by atoms with Crippen LogP contribution in [0.3, 0.4) is 0 Å². The molecule has 0 N–H and O–H groups in total. The van der Waals surface area contributed by atoms with Crippen molar-refractivity contribution in [1.82, 2.24) is 0 Å². The van der Waals surface area contributed by atoms with Crippen LogP contribution in [-0.2, 0) is 0 Å². The minimum atomic E-state index is 1.35. The normalized spacial score (nSPS) is 10.9. The molecule has 0 saturated heterocycles. The molecular formula is C8H10S. The zero-order valence-electron chi connectivity index (χ0n) is 5.72. The number of allylic oxidation sites excluding steroid dienone is 1. The molecule has 0 amide bonds. The number of thiophene rings is 1. The molecule has 0 radical (unpaired) electrons. The zero-order valence-corrected chi connectivity index (χ0v) is 6.53. The van der Waals surface area contributed by atoms with Crippen LogP contribution in [0.15, 0.2) is 16.8 Å². The Kier molecular flexibility index (Phi) is 2.06. The molecule has 0 saturated carbocycles. The van der Waals surface area contributed by atoms with E-state index in [2.05, 4.69) is 29.8 Å². The fourth-order valence-electron chi connectivity index (χ4n) is 0.721. The summed E-state index contributed by atoms with van der Waals surface area (Å²) >= 11 is 1.75. The van der Waals surface area contributed by atoms with E-state index in [0.29, 0.717) is 0 Å². The molecule has 0 bridgehead atoms. The minimum absolute atomic E-state index is 1.35. The summed E-state index contributed by atoms with van der Waals surface area (Å²) < 4.78 is 0. The topological polar surface area (TPSA) is 0 Å². The molecule has 0 atom stereocenters. The second-order valence-electron chi connectivity index (χ2n) is 2.01. The van der Waals surface area contributed by atoms with Gasteiger partial charge in [0, 0.05) is 0 Å². The predicted molar refractivity (Wildman–Crippen MR) is 43.8 cm³/mol. The van der Waals surface area contributed by atoms with Crippen LogP contribution in [0.25, 0.3) is 6.08 Å². The van der Waals surface area contributed by atoms with Crippen LogP contribution in [0.2, 0.25) is 0 Å². The van der Waals surface area contributed by atoms with E-state index >= 15 is 0 Å². The van der Waals surface area contributed by atoms with E-state index in [9.17, 15) is 0 Å². The molecule has 1 heterocycles. The summed E-state index contributed by atoms with van der Waals surface area (Å²) in [6.07, 6.45) is 4.20. The Hall–Kier alpha value is -0.560. The third kappa shape index (κ3) is 1.42. The van der Waals surface area contributed by atoms with Crippen molar-refractivity contribution in [3.8, 4) is 0 Å². The van der Waals surface area contributed by atoms with Crippen molar-refractivity contribution in [2.75, 3.05) is 0 Å². The molecule has 9 heavy (non-hydrogen) atoms. The summed E-state index contributed by atoms with van der Waals surface area (Å²) in [5.41, 5.74) is 2.72. The first-order chi connectivity index (χ1) is 4.34. The standard InChI is InChI=1S/C8H10S/c1-3-4-8-6-9-5-7(8)2/h3-6H,1-2H3/b4-3+. The van der Waals surface area contributed by atoms with Gasteiger partial charge in [-0.05, 0) is 35.7 Å². The van der Waals surface area contributed by atoms with Gasteiger partial charge in [0.2, 0.25) is 0 Å². The van der Waals surface area contributed by atoms with Gasteiger partial charge in [0.15, 0.2) is 0 Å². The number of aryl methyl sites for hydroxylation is 1. The fraction of sp³-hybridized carbons (Fsp3) is 0.250. The van der Waals surface area contributed by atoms with Crippen LogP contribution < -0.4 is 0 Å². The van der Waals surface area contributed by atoms with Crippen LogP contribution in [0, 0.1) is 6.92 Å². The highest BCUT2D eigenvalue weighted by Crippen LogP contribution is 2.14. The maximum atomic E-state index is 2.16. The molecule has 1 heteroatoms. The first-order valence-electron chi connectivity index (χ1n) is 3.00. The SMILES string of the molecule is C/C=C/c1cscc1C. The van der Waals surface area contributed by atoms with E-state index in [4.69, 9.17) is 0 Å². The fourth-order valence-corrected chi connectivity index (χ4v) is 1.54. The van der Waals surface area contributed by atoms with Crippen molar-refractivity contribution in [3.05, 3.63) is 28.0 Å². The lowest BCUT2D eigenvalue weighted by Crippen LogP contribution is -1.66. The lowest BCUT2D eigenvalue weighted by Gasteiger charge is -1.85. The molecule has 1 aromatic heterocycles. The average Bonchev–Trinajstić information content (AvgIpc) is 2.18. The van der Waals surface area contributed by atoms with E-state index in [0.717, 1.165) is 0 Å². The van der Waals surface area contributed by atoms with Crippen LogP contribution in [0.4, 0.5) is 0 Å². The molecule has 0 aliphatic carbocycles. The molecule has 48 valence electrons. The quantitative estimate of drug-likeness (QED) is 0.559. The molecule has 0 aromatic carbocycles. The number of hydrogen-bond donors (Lipinski definition) is 0. The highest BCUT2D eigenvalue weighted by molar-refractivity contribution is 7.08. The van der Waals surface area contributed by atoms with Gasteiger partial charge in [-0.25, -0.2) is 0 Å². The lowest BCUT2D eigenvalue weighted by molar-refractivity contribution is 1.52. The predicted octanol–water partition coefficient (Wildman–Crippen LogP) is 3.09. The molecule has 0 aliphatic heterocycles. The van der Waals surface area contributed by atoms with Gasteiger partial charge in [-0.15, -0.1) is 0 Å². The Balaban J connectivity index is 2.94. The third-order valence-corrected chi connectivity index (χ3v) is 2.12. The van der Waals surface area contributed by atoms with Crippen LogP contribution in [-0.4, -0.2) is 0 Å². The lowest BCUT2D eigenvalue weighted by atomic mass is 10.2. The molecule has 0 nitrogen and oxygen atoms in total. The Morgan fingerprint density at radius 2 is 2.22 bits per heavy atom. The van der Waals surface area contributed by atoms with Crippen LogP contribution in [0.5, 0.6) is 0 Å². The van der Waals surface area contributed by atoms with Crippen LogP contribution >= 0.6 is 11.3 Å². The monoisotopic (exact) mass is 138 g/mol. The van der Waals surface area contributed by atoms with Crippen molar-refractivity contribution in [2.24, 2.45) is 0 Å². The number of rotatable bonds is 1. The summed E-state index contributed by atoms with van der Waals surface area (Å²) in [6, 6.07) is 0. The molecular weight excluding hydrogens is 128 g/mol. The molecule has 0 aliphatic rings. The van der Waals surface area contributed by atoms with E-state index in [1.165, 1.54) is 11.1 Å². The zero-order chi connectivity index (χ0) is 6.69. The van der Waals surface area contributed by atoms with E-state index < -0.39 is 0 Å². The third-order valence-electron chi connectivity index (χ3n) is 1.24. The minimum Gasteiger partial charge on any atom is -0.152 e. The first kappa shape index (κ1) is 6.56. The Labute approximate surface area is 59.8 Å². The van der Waals surface area contributed by atoms with Gasteiger partial charge in [-0.1, -0.05) is 12.2 Å². The summed E-state index contributed by atoms with van der Waals surface area (Å²) in [4.78, 5) is 0. The molecule has 0 unspecified atom stereocenters. The number of hydrogen-bond acceptors (Lipinski definition) is 1. The van der Waals surface area contributed by atoms with Crippen LogP contribution in [0.1, 0.15) is 18.1 Å². The van der Waals surface area contributed by atoms with E-state index in [1.54, 1.807) is 11.3 Å². The smallest absolute Gasteiger partial charge is 0.00181 e. The van der Waals surface area contributed by atoms with Crippen molar-refractivity contribution >= 4 is 17.4 Å². The second-order valence-corrected chi connectivity index (χ2v) is 2.75. The molecule has 1 rings (SSSR count). The Morgan fingerprint density at radius 1 is 1.44 bits per heavy atom. The van der Waals surface area contributed by atoms with E-state index in [-0.39, 0.29) is 0 Å². The van der Waals surface area contributed by atoms with Crippen molar-refractivity contribution in [2.45, 2.75) is 13.8 Å². The Morgan fingerprint density at radius 3 is 2.67 bits per heavy atom. The second kappa shape index (κ2) is 2.83. The summed E-state index contributed by atoms with van der Waals surface area (Å²) in [6.45, 7) is 4.17. The van der Waals surface area contributed by atoms with Crippen molar-refractivity contribution < 1.29 is 0 Å². The van der Waals surface area contributed by atoms with Gasteiger partial charge >= 0.3 is 0 Å². The highest BCUT2D eigenvalue weighted by Gasteiger charge is 1.90. The van der Waals surface area contributed by atoms with Gasteiger partial charge in [0.25, 0.3) is 0 Å². The molecule has 1 aromatic rings. The van der Waals surface area contributed by atoms with Gasteiger partial charge in [0.05, 0.1) is 0 Å². The summed E-state index contributed by atoms with van der Waals surface area (Å²) in [5.74, 6) is 0. The van der Waals surface area contributed by atoms with Gasteiger partial charge < -0.3 is 0 Å². The average molecular weight is 138 g/mol. The largest absolute Gasteiger partial charge is 0.152 e. The van der Waals surface area contributed by atoms with Gasteiger partial charge in [-0.3, -0.25) is 0 Å². The van der Waals surface area contributed by atoms with Gasteiger partial charge in [0.1, 0.15) is 0 Å². The molecule has 0 spiro atoms.